The number of halogens is 6. The van der Waals surface area contributed by atoms with E-state index < -0.39 is 68.9 Å². The summed E-state index contributed by atoms with van der Waals surface area (Å²) in [5.74, 6) is -2.75. The van der Waals surface area contributed by atoms with Gasteiger partial charge in [-0.25, -0.2) is 12.8 Å². The molecule has 0 aromatic heterocycles. The molecule has 0 spiro atoms. The minimum atomic E-state index is -4.84. The first kappa shape index (κ1) is 31.9. The molecule has 0 bridgehead atoms. The van der Waals surface area contributed by atoms with Crippen LogP contribution in [0.1, 0.15) is 18.9 Å². The van der Waals surface area contributed by atoms with Crippen molar-refractivity contribution in [3.63, 3.8) is 0 Å². The molecular formula is C28H25F6NO7S. The van der Waals surface area contributed by atoms with Gasteiger partial charge in [-0.2, -0.15) is 22.0 Å². The van der Waals surface area contributed by atoms with E-state index in [0.717, 1.165) is 34.6 Å². The Bertz CT molecular complexity index is 1620. The standard InChI is InChI=1S/C28H25F6NO7S/c1-27(15-40-2,25(36)37)13-21-14-35(43(38,39)22-5-3-4-18(11-22)28(32,33)34)23-10-16(6-7-24(23)41-21)17-8-19(29)12-20(9-17)42-26(30)31/h3-12,21,26H,13-15H2,1-2H3,(H,36,37)/t21?,27-/m0/s1. The van der Waals surface area contributed by atoms with Gasteiger partial charge in [-0.1, -0.05) is 12.1 Å². The van der Waals surface area contributed by atoms with Gasteiger partial charge >= 0.3 is 18.8 Å². The zero-order valence-corrected chi connectivity index (χ0v) is 23.4. The fourth-order valence-electron chi connectivity index (χ4n) is 4.71. The Kier molecular flexibility index (Phi) is 8.88. The number of carbonyl (C=O) groups is 1. The summed E-state index contributed by atoms with van der Waals surface area (Å²) in [6.07, 6.45) is -6.18. The van der Waals surface area contributed by atoms with E-state index in [4.69, 9.17) is 9.47 Å². The SMILES string of the molecule is COC[C@](C)(CC1CN(S(=O)(=O)c2cccc(C(F)(F)F)c2)c2cc(-c3cc(F)cc(OC(F)F)c3)ccc2O1)C(=O)O. The van der Waals surface area contributed by atoms with Crippen molar-refractivity contribution < 1.29 is 58.9 Å². The van der Waals surface area contributed by atoms with E-state index in [1.54, 1.807) is 0 Å². The van der Waals surface area contributed by atoms with Crippen LogP contribution in [0, 0.1) is 11.2 Å². The topological polar surface area (TPSA) is 102 Å². The number of aliphatic carboxylic acids is 1. The van der Waals surface area contributed by atoms with Crippen molar-refractivity contribution in [3.8, 4) is 22.6 Å². The lowest BCUT2D eigenvalue weighted by Crippen LogP contribution is -2.47. The summed E-state index contributed by atoms with van der Waals surface area (Å²) in [4.78, 5) is 11.3. The lowest BCUT2D eigenvalue weighted by Gasteiger charge is -2.38. The fraction of sp³-hybridized carbons (Fsp3) is 0.321. The molecule has 43 heavy (non-hydrogen) atoms. The van der Waals surface area contributed by atoms with Crippen molar-refractivity contribution in [2.45, 2.75) is 37.1 Å². The van der Waals surface area contributed by atoms with Crippen LogP contribution in [0.3, 0.4) is 0 Å². The van der Waals surface area contributed by atoms with Crippen molar-refractivity contribution in [2.75, 3.05) is 24.6 Å². The van der Waals surface area contributed by atoms with Gasteiger partial charge in [0.25, 0.3) is 10.0 Å². The molecule has 1 aliphatic heterocycles. The second kappa shape index (κ2) is 12.0. The van der Waals surface area contributed by atoms with Crippen LogP contribution in [0.2, 0.25) is 0 Å². The van der Waals surface area contributed by atoms with Gasteiger partial charge in [0, 0.05) is 19.6 Å². The maximum Gasteiger partial charge on any atom is 0.416 e. The third-order valence-electron chi connectivity index (χ3n) is 6.73. The lowest BCUT2D eigenvalue weighted by molar-refractivity contribution is -0.153. The summed E-state index contributed by atoms with van der Waals surface area (Å²) in [6.45, 7) is -2.64. The summed E-state index contributed by atoms with van der Waals surface area (Å²) in [5, 5.41) is 9.80. The summed E-state index contributed by atoms with van der Waals surface area (Å²) < 4.78 is 124. The number of nitrogens with zero attached hydrogens (tertiary/aromatic N) is 1. The minimum absolute atomic E-state index is 0.0236. The number of hydrogen-bond acceptors (Lipinski definition) is 6. The zero-order valence-electron chi connectivity index (χ0n) is 22.6. The van der Waals surface area contributed by atoms with Gasteiger partial charge < -0.3 is 19.3 Å². The van der Waals surface area contributed by atoms with E-state index in [1.807, 2.05) is 0 Å². The molecule has 15 heteroatoms. The predicted molar refractivity (Wildman–Crippen MR) is 141 cm³/mol. The fourth-order valence-corrected chi connectivity index (χ4v) is 6.26. The van der Waals surface area contributed by atoms with Gasteiger partial charge in [0.2, 0.25) is 0 Å². The van der Waals surface area contributed by atoms with Crippen molar-refractivity contribution in [1.29, 1.82) is 0 Å². The highest BCUT2D eigenvalue weighted by molar-refractivity contribution is 7.92. The molecular weight excluding hydrogens is 608 g/mol. The molecule has 3 aromatic carbocycles. The number of carboxylic acid groups (broad SMARTS) is 1. The van der Waals surface area contributed by atoms with Crippen LogP contribution in [0.4, 0.5) is 32.0 Å². The van der Waals surface area contributed by atoms with Gasteiger partial charge in [-0.05, 0) is 60.5 Å². The number of ether oxygens (including phenoxy) is 3. The Hall–Kier alpha value is -3.98. The van der Waals surface area contributed by atoms with E-state index in [1.165, 1.54) is 32.2 Å². The number of methoxy groups -OCH3 is 1. The molecule has 0 aliphatic carbocycles. The normalized spacial score (nSPS) is 16.8. The first-order chi connectivity index (χ1) is 20.0. The maximum absolute atomic E-state index is 14.3. The van der Waals surface area contributed by atoms with Crippen LogP contribution < -0.4 is 13.8 Å². The van der Waals surface area contributed by atoms with Crippen LogP contribution >= 0.6 is 0 Å². The van der Waals surface area contributed by atoms with Gasteiger partial charge in [0.05, 0.1) is 34.7 Å². The number of carboxylic acids is 1. The molecule has 0 saturated heterocycles. The number of sulfonamides is 1. The Morgan fingerprint density at radius 3 is 2.44 bits per heavy atom. The number of rotatable bonds is 10. The van der Waals surface area contributed by atoms with E-state index in [9.17, 15) is 44.7 Å². The minimum Gasteiger partial charge on any atom is -0.486 e. The lowest BCUT2D eigenvalue weighted by atomic mass is 9.85. The Balaban J connectivity index is 1.84. The molecule has 0 saturated carbocycles. The van der Waals surface area contributed by atoms with Crippen molar-refractivity contribution in [3.05, 3.63) is 72.0 Å². The van der Waals surface area contributed by atoms with Crippen molar-refractivity contribution >= 4 is 21.7 Å². The van der Waals surface area contributed by atoms with E-state index in [0.29, 0.717) is 12.1 Å². The smallest absolute Gasteiger partial charge is 0.416 e. The highest BCUT2D eigenvalue weighted by Gasteiger charge is 2.42. The van der Waals surface area contributed by atoms with Crippen LogP contribution in [0.5, 0.6) is 11.5 Å². The summed E-state index contributed by atoms with van der Waals surface area (Å²) in [7, 11) is -3.45. The van der Waals surface area contributed by atoms with Gasteiger partial charge in [-0.3, -0.25) is 9.10 Å². The monoisotopic (exact) mass is 633 g/mol. The molecule has 0 radical (unpaired) electrons. The molecule has 4 rings (SSSR count). The number of anilines is 1. The molecule has 0 amide bonds. The predicted octanol–water partition coefficient (Wildman–Crippen LogP) is 6.20. The second-order valence-electron chi connectivity index (χ2n) is 10.0. The highest BCUT2D eigenvalue weighted by Crippen LogP contribution is 2.43. The zero-order chi connectivity index (χ0) is 31.7. The highest BCUT2D eigenvalue weighted by atomic mass is 32.2. The molecule has 1 heterocycles. The summed E-state index contributed by atoms with van der Waals surface area (Å²) in [5.41, 5.74) is -2.73. The van der Waals surface area contributed by atoms with Crippen LogP contribution in [-0.2, 0) is 25.7 Å². The third kappa shape index (κ3) is 6.99. The van der Waals surface area contributed by atoms with Crippen LogP contribution in [0.15, 0.2) is 65.6 Å². The Morgan fingerprint density at radius 2 is 1.81 bits per heavy atom. The molecule has 8 nitrogen and oxygen atoms in total. The van der Waals surface area contributed by atoms with Gasteiger partial charge in [0.15, 0.2) is 0 Å². The van der Waals surface area contributed by atoms with Crippen molar-refractivity contribution in [1.82, 2.24) is 0 Å². The largest absolute Gasteiger partial charge is 0.486 e. The van der Waals surface area contributed by atoms with Gasteiger partial charge in [0.1, 0.15) is 23.4 Å². The summed E-state index contributed by atoms with van der Waals surface area (Å²) in [6, 6.07) is 9.82. The molecule has 2 atom stereocenters. The molecule has 1 unspecified atom stereocenters. The van der Waals surface area contributed by atoms with Crippen LogP contribution in [-0.4, -0.2) is 52.5 Å². The number of fused-ring (bicyclic) bond motifs is 1. The molecule has 3 aromatic rings. The number of alkyl halides is 5. The molecule has 0 fully saturated rings. The summed E-state index contributed by atoms with van der Waals surface area (Å²) >= 11 is 0. The molecule has 1 aliphatic rings. The first-order valence-corrected chi connectivity index (χ1v) is 14.0. The maximum atomic E-state index is 14.3. The average Bonchev–Trinajstić information content (AvgIpc) is 2.91. The van der Waals surface area contributed by atoms with Crippen molar-refractivity contribution in [2.24, 2.45) is 5.41 Å². The quantitative estimate of drug-likeness (QED) is 0.266. The average molecular weight is 634 g/mol. The van der Waals surface area contributed by atoms with Gasteiger partial charge in [-0.15, -0.1) is 0 Å². The van der Waals surface area contributed by atoms with E-state index in [-0.39, 0.29) is 35.6 Å². The Morgan fingerprint density at radius 1 is 1.09 bits per heavy atom. The van der Waals surface area contributed by atoms with E-state index in [2.05, 4.69) is 4.74 Å². The van der Waals surface area contributed by atoms with Crippen LogP contribution in [0.25, 0.3) is 11.1 Å². The molecule has 232 valence electrons. The Labute approximate surface area is 242 Å². The molecule has 1 N–H and O–H groups in total. The second-order valence-corrected chi connectivity index (χ2v) is 11.9. The first-order valence-electron chi connectivity index (χ1n) is 12.5. The number of benzene rings is 3. The third-order valence-corrected chi connectivity index (χ3v) is 8.50. The number of hydrogen-bond donors (Lipinski definition) is 1. The van der Waals surface area contributed by atoms with E-state index >= 15 is 0 Å².